The molecule has 0 bridgehead atoms. The molecule has 0 aromatic carbocycles. The first-order chi connectivity index (χ1) is 7.63. The van der Waals surface area contributed by atoms with E-state index >= 15 is 0 Å². The molecule has 0 fully saturated rings. The molecule has 0 spiro atoms. The molecule has 1 N–H and O–H groups in total. The van der Waals surface area contributed by atoms with Gasteiger partial charge in [0.2, 0.25) is 0 Å². The van der Waals surface area contributed by atoms with Gasteiger partial charge >= 0.3 is 0 Å². The lowest BCUT2D eigenvalue weighted by atomic mass is 10.2. The van der Waals surface area contributed by atoms with Crippen LogP contribution in [-0.2, 0) is 11.3 Å². The van der Waals surface area contributed by atoms with Crippen LogP contribution in [0.2, 0.25) is 0 Å². The third-order valence-corrected chi connectivity index (χ3v) is 3.20. The van der Waals surface area contributed by atoms with Gasteiger partial charge in [0, 0.05) is 24.6 Å². The van der Waals surface area contributed by atoms with Gasteiger partial charge in [-0.05, 0) is 19.8 Å². The Morgan fingerprint density at radius 2 is 2.19 bits per heavy atom. The van der Waals surface area contributed by atoms with Gasteiger partial charge in [-0.25, -0.2) is 4.98 Å². The fourth-order valence-corrected chi connectivity index (χ4v) is 2.19. The maximum atomic E-state index is 5.35. The fourth-order valence-electron chi connectivity index (χ4n) is 1.29. The standard InChI is InChI=1S/C12H22N2OS/c1-5-15-7-10(4)13-6-12-14-11(8-16-12)9(2)3/h8-10,13H,5-7H2,1-4H3. The minimum Gasteiger partial charge on any atom is -0.380 e. The Hall–Kier alpha value is -0.450. The summed E-state index contributed by atoms with van der Waals surface area (Å²) in [5, 5.41) is 6.72. The summed E-state index contributed by atoms with van der Waals surface area (Å²) in [5.41, 5.74) is 1.19. The molecule has 0 saturated heterocycles. The minimum atomic E-state index is 0.381. The second-order valence-electron chi connectivity index (χ2n) is 4.26. The third kappa shape index (κ3) is 4.60. The lowest BCUT2D eigenvalue weighted by Gasteiger charge is -2.12. The number of ether oxygens (including phenoxy) is 1. The van der Waals surface area contributed by atoms with Crippen LogP contribution < -0.4 is 5.32 Å². The number of hydrogen-bond donors (Lipinski definition) is 1. The van der Waals surface area contributed by atoms with Crippen molar-refractivity contribution < 1.29 is 4.74 Å². The molecule has 0 aliphatic carbocycles. The van der Waals surface area contributed by atoms with Crippen LogP contribution in [0.4, 0.5) is 0 Å². The van der Waals surface area contributed by atoms with Crippen LogP contribution in [0.5, 0.6) is 0 Å². The molecule has 0 amide bonds. The first kappa shape index (κ1) is 13.6. The molecule has 1 rings (SSSR count). The molecule has 92 valence electrons. The molecule has 4 heteroatoms. The van der Waals surface area contributed by atoms with Crippen molar-refractivity contribution in [3.63, 3.8) is 0 Å². The van der Waals surface area contributed by atoms with E-state index in [1.165, 1.54) is 5.69 Å². The second kappa shape index (κ2) is 6.99. The largest absolute Gasteiger partial charge is 0.380 e. The van der Waals surface area contributed by atoms with E-state index in [1.54, 1.807) is 11.3 Å². The molecule has 3 nitrogen and oxygen atoms in total. The maximum Gasteiger partial charge on any atom is 0.107 e. The summed E-state index contributed by atoms with van der Waals surface area (Å²) < 4.78 is 5.35. The Kier molecular flexibility index (Phi) is 5.95. The molecule has 0 aliphatic rings. The zero-order valence-electron chi connectivity index (χ0n) is 10.6. The number of nitrogens with zero attached hydrogens (tertiary/aromatic N) is 1. The number of nitrogens with one attached hydrogen (secondary N) is 1. The van der Waals surface area contributed by atoms with Crippen LogP contribution in [0, 0.1) is 0 Å². The molecule has 0 radical (unpaired) electrons. The van der Waals surface area contributed by atoms with Crippen LogP contribution in [-0.4, -0.2) is 24.2 Å². The van der Waals surface area contributed by atoms with E-state index in [1.807, 2.05) is 6.92 Å². The summed E-state index contributed by atoms with van der Waals surface area (Å²) in [7, 11) is 0. The van der Waals surface area contributed by atoms with Gasteiger partial charge < -0.3 is 10.1 Å². The molecular formula is C12H22N2OS. The topological polar surface area (TPSA) is 34.1 Å². The Bertz CT molecular complexity index is 299. The van der Waals surface area contributed by atoms with Gasteiger partial charge in [-0.15, -0.1) is 11.3 Å². The summed E-state index contributed by atoms with van der Waals surface area (Å²) in [6.07, 6.45) is 0. The van der Waals surface area contributed by atoms with Crippen molar-refractivity contribution in [2.75, 3.05) is 13.2 Å². The van der Waals surface area contributed by atoms with Gasteiger partial charge in [-0.3, -0.25) is 0 Å². The van der Waals surface area contributed by atoms with Gasteiger partial charge in [0.05, 0.1) is 12.3 Å². The first-order valence-electron chi connectivity index (χ1n) is 5.88. The molecule has 0 saturated carbocycles. The van der Waals surface area contributed by atoms with Crippen molar-refractivity contribution >= 4 is 11.3 Å². The van der Waals surface area contributed by atoms with Gasteiger partial charge in [0.15, 0.2) is 0 Å². The van der Waals surface area contributed by atoms with E-state index in [0.29, 0.717) is 12.0 Å². The Morgan fingerprint density at radius 1 is 1.44 bits per heavy atom. The smallest absolute Gasteiger partial charge is 0.107 e. The third-order valence-electron chi connectivity index (χ3n) is 2.33. The van der Waals surface area contributed by atoms with Crippen LogP contribution in [0.3, 0.4) is 0 Å². The van der Waals surface area contributed by atoms with Crippen molar-refractivity contribution in [1.29, 1.82) is 0 Å². The van der Waals surface area contributed by atoms with Crippen LogP contribution in [0.15, 0.2) is 5.38 Å². The van der Waals surface area contributed by atoms with Crippen molar-refractivity contribution in [2.24, 2.45) is 0 Å². The van der Waals surface area contributed by atoms with Gasteiger partial charge in [0.25, 0.3) is 0 Å². The van der Waals surface area contributed by atoms with E-state index in [9.17, 15) is 0 Å². The molecule has 1 unspecified atom stereocenters. The summed E-state index contributed by atoms with van der Waals surface area (Å²) in [5.74, 6) is 0.519. The van der Waals surface area contributed by atoms with E-state index in [2.05, 4.69) is 36.5 Å². The number of rotatable bonds is 7. The zero-order chi connectivity index (χ0) is 12.0. The summed E-state index contributed by atoms with van der Waals surface area (Å²) in [6, 6.07) is 0.381. The van der Waals surface area contributed by atoms with E-state index in [-0.39, 0.29) is 0 Å². The van der Waals surface area contributed by atoms with Crippen molar-refractivity contribution in [2.45, 2.75) is 46.2 Å². The molecule has 1 heterocycles. The first-order valence-corrected chi connectivity index (χ1v) is 6.76. The lowest BCUT2D eigenvalue weighted by Crippen LogP contribution is -2.30. The van der Waals surface area contributed by atoms with Crippen LogP contribution >= 0.6 is 11.3 Å². The normalized spacial score (nSPS) is 13.3. The molecule has 16 heavy (non-hydrogen) atoms. The highest BCUT2D eigenvalue weighted by molar-refractivity contribution is 7.09. The number of hydrogen-bond acceptors (Lipinski definition) is 4. The highest BCUT2D eigenvalue weighted by Gasteiger charge is 2.07. The van der Waals surface area contributed by atoms with Crippen molar-refractivity contribution in [3.05, 3.63) is 16.1 Å². The second-order valence-corrected chi connectivity index (χ2v) is 5.20. The SMILES string of the molecule is CCOCC(C)NCc1nc(C(C)C)cs1. The molecule has 1 aromatic rings. The molecule has 0 aliphatic heterocycles. The Balaban J connectivity index is 2.31. The lowest BCUT2D eigenvalue weighted by molar-refractivity contribution is 0.127. The Labute approximate surface area is 102 Å². The summed E-state index contributed by atoms with van der Waals surface area (Å²) in [4.78, 5) is 4.58. The van der Waals surface area contributed by atoms with Crippen molar-refractivity contribution in [1.82, 2.24) is 10.3 Å². The maximum absolute atomic E-state index is 5.35. The average Bonchev–Trinajstić information content (AvgIpc) is 2.72. The summed E-state index contributed by atoms with van der Waals surface area (Å²) >= 11 is 1.73. The van der Waals surface area contributed by atoms with Gasteiger partial charge in [0.1, 0.15) is 5.01 Å². The van der Waals surface area contributed by atoms with E-state index < -0.39 is 0 Å². The highest BCUT2D eigenvalue weighted by atomic mass is 32.1. The quantitative estimate of drug-likeness (QED) is 0.798. The van der Waals surface area contributed by atoms with Gasteiger partial charge in [-0.2, -0.15) is 0 Å². The Morgan fingerprint density at radius 3 is 2.75 bits per heavy atom. The van der Waals surface area contributed by atoms with Gasteiger partial charge in [-0.1, -0.05) is 13.8 Å². The van der Waals surface area contributed by atoms with Crippen LogP contribution in [0.25, 0.3) is 0 Å². The molecule has 1 aromatic heterocycles. The monoisotopic (exact) mass is 242 g/mol. The summed E-state index contributed by atoms with van der Waals surface area (Å²) in [6.45, 7) is 10.9. The van der Waals surface area contributed by atoms with E-state index in [0.717, 1.165) is 24.8 Å². The average molecular weight is 242 g/mol. The zero-order valence-corrected chi connectivity index (χ0v) is 11.4. The number of aromatic nitrogens is 1. The predicted molar refractivity (Wildman–Crippen MR) is 69.0 cm³/mol. The van der Waals surface area contributed by atoms with Crippen molar-refractivity contribution in [3.8, 4) is 0 Å². The minimum absolute atomic E-state index is 0.381. The molecular weight excluding hydrogens is 220 g/mol. The fraction of sp³-hybridized carbons (Fsp3) is 0.750. The number of thiazole rings is 1. The highest BCUT2D eigenvalue weighted by Crippen LogP contribution is 2.17. The predicted octanol–water partition coefficient (Wildman–Crippen LogP) is 2.78. The van der Waals surface area contributed by atoms with Crippen LogP contribution in [0.1, 0.15) is 44.3 Å². The molecule has 1 atom stereocenters. The van der Waals surface area contributed by atoms with E-state index in [4.69, 9.17) is 4.74 Å².